The zero-order valence-electron chi connectivity index (χ0n) is 23.0. The molecule has 0 bridgehead atoms. The van der Waals surface area contributed by atoms with Crippen molar-refractivity contribution in [2.45, 2.75) is 50.4 Å². The lowest BCUT2D eigenvalue weighted by Gasteiger charge is -2.37. The number of rotatable bonds is 6. The third kappa shape index (κ3) is 5.08. The highest BCUT2D eigenvalue weighted by atomic mass is 16.5. The fraction of sp³-hybridized carbons (Fsp3) is 0.364. The summed E-state index contributed by atoms with van der Waals surface area (Å²) in [5.74, 6) is 0.566. The van der Waals surface area contributed by atoms with Crippen LogP contribution in [-0.2, 0) is 4.74 Å². The summed E-state index contributed by atoms with van der Waals surface area (Å²) in [4.78, 5) is 28.8. The molecule has 1 saturated heterocycles. The van der Waals surface area contributed by atoms with Crippen molar-refractivity contribution in [3.8, 4) is 5.75 Å². The van der Waals surface area contributed by atoms with E-state index in [0.717, 1.165) is 48.5 Å². The van der Waals surface area contributed by atoms with Gasteiger partial charge in [0.15, 0.2) is 0 Å². The Labute approximate surface area is 239 Å². The number of fused-ring (bicyclic) bond motifs is 3. The van der Waals surface area contributed by atoms with Crippen molar-refractivity contribution < 1.29 is 19.1 Å². The van der Waals surface area contributed by atoms with Crippen molar-refractivity contribution in [1.29, 1.82) is 0 Å². The first-order chi connectivity index (χ1) is 20.1. The van der Waals surface area contributed by atoms with Crippen molar-refractivity contribution in [1.82, 2.24) is 10.3 Å². The Morgan fingerprint density at radius 2 is 1.56 bits per heavy atom. The predicted octanol–water partition coefficient (Wildman–Crippen LogP) is 4.95. The van der Waals surface area contributed by atoms with Gasteiger partial charge in [-0.2, -0.15) is 5.10 Å². The lowest BCUT2D eigenvalue weighted by Crippen LogP contribution is -2.45. The van der Waals surface area contributed by atoms with Crippen LogP contribution in [-0.4, -0.2) is 61.0 Å². The number of Topliss-reactive ketones (excluding diaryl/α,β-unsaturated/α-hetero) is 1. The number of nitrogens with one attached hydrogen (secondary N) is 1. The molecule has 0 aromatic heterocycles. The van der Waals surface area contributed by atoms with E-state index in [1.165, 1.54) is 12.8 Å². The second-order valence-corrected chi connectivity index (χ2v) is 11.2. The van der Waals surface area contributed by atoms with Gasteiger partial charge in [-0.15, -0.1) is 0 Å². The predicted molar refractivity (Wildman–Crippen MR) is 157 cm³/mol. The molecule has 1 N–H and O–H groups in total. The third-order valence-electron chi connectivity index (χ3n) is 8.62. The number of ketones is 1. The number of benzene rings is 3. The van der Waals surface area contributed by atoms with Crippen LogP contribution in [0.4, 0.5) is 5.69 Å². The van der Waals surface area contributed by atoms with Gasteiger partial charge >= 0.3 is 0 Å². The molecule has 210 valence electrons. The number of morpholine rings is 1. The molecule has 2 atom stereocenters. The molecule has 0 spiro atoms. The van der Waals surface area contributed by atoms with Crippen LogP contribution in [0.15, 0.2) is 77.9 Å². The van der Waals surface area contributed by atoms with Gasteiger partial charge in [-0.05, 0) is 60.9 Å². The van der Waals surface area contributed by atoms with E-state index in [2.05, 4.69) is 10.2 Å². The Hall–Kier alpha value is -4.17. The van der Waals surface area contributed by atoms with Gasteiger partial charge < -0.3 is 19.7 Å². The SMILES string of the molecule is O=C(NC1CCCC1)c1ccc(C2=NN3C(C(=O)c4ccc(N5CCOCC5)cc4)Oc4ccccc4C3C2)cc1. The first-order valence-electron chi connectivity index (χ1n) is 14.6. The smallest absolute Gasteiger partial charge is 0.251 e. The minimum absolute atomic E-state index is 0.0261. The number of amides is 1. The number of hydrogen-bond acceptors (Lipinski definition) is 7. The van der Waals surface area contributed by atoms with Crippen LogP contribution in [0.5, 0.6) is 5.75 Å². The van der Waals surface area contributed by atoms with Gasteiger partial charge in [-0.3, -0.25) is 9.59 Å². The molecule has 2 unspecified atom stereocenters. The average Bonchev–Trinajstić information content (AvgIpc) is 3.72. The van der Waals surface area contributed by atoms with Crippen LogP contribution in [0, 0.1) is 0 Å². The fourth-order valence-electron chi connectivity index (χ4n) is 6.34. The summed E-state index contributed by atoms with van der Waals surface area (Å²) in [6.45, 7) is 3.11. The second kappa shape index (κ2) is 11.0. The van der Waals surface area contributed by atoms with Crippen LogP contribution < -0.4 is 15.0 Å². The van der Waals surface area contributed by atoms with Crippen molar-refractivity contribution in [3.63, 3.8) is 0 Å². The van der Waals surface area contributed by atoms with Crippen molar-refractivity contribution >= 4 is 23.1 Å². The van der Waals surface area contributed by atoms with Crippen molar-refractivity contribution in [2.24, 2.45) is 5.10 Å². The maximum absolute atomic E-state index is 13.8. The van der Waals surface area contributed by atoms with E-state index in [0.29, 0.717) is 36.5 Å². The Kier molecular flexibility index (Phi) is 6.92. The van der Waals surface area contributed by atoms with Crippen LogP contribution in [0.25, 0.3) is 0 Å². The van der Waals surface area contributed by atoms with E-state index >= 15 is 0 Å². The summed E-state index contributed by atoms with van der Waals surface area (Å²) in [7, 11) is 0. The highest BCUT2D eigenvalue weighted by Crippen LogP contribution is 2.43. The van der Waals surface area contributed by atoms with E-state index < -0.39 is 6.23 Å². The van der Waals surface area contributed by atoms with Gasteiger partial charge in [0, 0.05) is 47.9 Å². The van der Waals surface area contributed by atoms with E-state index in [1.54, 1.807) is 0 Å². The third-order valence-corrected chi connectivity index (χ3v) is 8.62. The quantitative estimate of drug-likeness (QED) is 0.438. The van der Waals surface area contributed by atoms with Gasteiger partial charge in [0.1, 0.15) is 5.75 Å². The summed E-state index contributed by atoms with van der Waals surface area (Å²) in [6, 6.07) is 23.4. The molecule has 41 heavy (non-hydrogen) atoms. The number of hydrogen-bond donors (Lipinski definition) is 1. The van der Waals surface area contributed by atoms with Crippen LogP contribution in [0.2, 0.25) is 0 Å². The number of carbonyl (C=O) groups is 2. The normalized spacial score (nSPS) is 22.0. The van der Waals surface area contributed by atoms with E-state index in [4.69, 9.17) is 14.6 Å². The summed E-state index contributed by atoms with van der Waals surface area (Å²) in [5, 5.41) is 9.91. The Balaban J connectivity index is 1.12. The monoisotopic (exact) mass is 550 g/mol. The molecule has 1 amide bonds. The molecule has 1 saturated carbocycles. The molecule has 3 aromatic carbocycles. The molecule has 3 aromatic rings. The molecule has 3 aliphatic heterocycles. The zero-order chi connectivity index (χ0) is 27.8. The fourth-order valence-corrected chi connectivity index (χ4v) is 6.34. The maximum atomic E-state index is 13.8. The minimum Gasteiger partial charge on any atom is -0.461 e. The lowest BCUT2D eigenvalue weighted by molar-refractivity contribution is -0.00455. The summed E-state index contributed by atoms with van der Waals surface area (Å²) < 4.78 is 11.8. The van der Waals surface area contributed by atoms with E-state index in [1.807, 2.05) is 77.8 Å². The molecule has 1 aliphatic carbocycles. The molecule has 4 aliphatic rings. The van der Waals surface area contributed by atoms with Crippen molar-refractivity contribution in [3.05, 3.63) is 95.1 Å². The van der Waals surface area contributed by atoms with Gasteiger partial charge in [0.05, 0.1) is 25.0 Å². The summed E-state index contributed by atoms with van der Waals surface area (Å²) in [5.41, 5.74) is 5.16. The largest absolute Gasteiger partial charge is 0.461 e. The van der Waals surface area contributed by atoms with Crippen LogP contribution in [0.3, 0.4) is 0 Å². The number of carbonyl (C=O) groups excluding carboxylic acids is 2. The van der Waals surface area contributed by atoms with E-state index in [-0.39, 0.29) is 23.8 Å². The molecule has 8 nitrogen and oxygen atoms in total. The molecular formula is C33H34N4O4. The Morgan fingerprint density at radius 3 is 2.32 bits per heavy atom. The van der Waals surface area contributed by atoms with E-state index in [9.17, 15) is 9.59 Å². The number of anilines is 1. The lowest BCUT2D eigenvalue weighted by atomic mass is 9.95. The first-order valence-corrected chi connectivity index (χ1v) is 14.6. The molecular weight excluding hydrogens is 516 g/mol. The number of nitrogens with zero attached hydrogens (tertiary/aromatic N) is 3. The molecule has 7 rings (SSSR count). The van der Waals surface area contributed by atoms with Gasteiger partial charge in [0.2, 0.25) is 5.78 Å². The Morgan fingerprint density at radius 1 is 0.854 bits per heavy atom. The van der Waals surface area contributed by atoms with Gasteiger partial charge in [0.25, 0.3) is 12.1 Å². The highest BCUT2D eigenvalue weighted by Gasteiger charge is 2.43. The topological polar surface area (TPSA) is 83.5 Å². The second-order valence-electron chi connectivity index (χ2n) is 11.2. The average molecular weight is 551 g/mol. The van der Waals surface area contributed by atoms with Crippen molar-refractivity contribution in [2.75, 3.05) is 31.2 Å². The molecule has 3 heterocycles. The summed E-state index contributed by atoms with van der Waals surface area (Å²) >= 11 is 0. The standard InChI is InChI=1S/C33H34N4O4/c38-31(23-13-15-26(16-14-23)36-17-19-40-20-18-36)33-37-29(27-7-3-4-8-30(27)41-33)21-28(35-37)22-9-11-24(12-10-22)32(39)34-25-5-1-2-6-25/h3-4,7-16,25,29,33H,1-2,5-6,17-21H2,(H,34,39). The summed E-state index contributed by atoms with van der Waals surface area (Å²) in [6.07, 6.45) is 4.25. The molecule has 2 fully saturated rings. The molecule has 8 heteroatoms. The number of hydrazone groups is 1. The highest BCUT2D eigenvalue weighted by molar-refractivity contribution is 6.04. The van der Waals surface area contributed by atoms with Crippen LogP contribution in [0.1, 0.15) is 70.0 Å². The first kappa shape index (κ1) is 25.8. The maximum Gasteiger partial charge on any atom is 0.251 e. The van der Waals surface area contributed by atoms with Gasteiger partial charge in [-0.1, -0.05) is 43.2 Å². The van der Waals surface area contributed by atoms with Gasteiger partial charge in [-0.25, -0.2) is 5.01 Å². The Bertz CT molecular complexity index is 1460. The number of para-hydroxylation sites is 1. The zero-order valence-corrected chi connectivity index (χ0v) is 23.0. The molecule has 0 radical (unpaired) electrons. The minimum atomic E-state index is -0.863. The van der Waals surface area contributed by atoms with Crippen LogP contribution >= 0.6 is 0 Å². The number of ether oxygens (including phenoxy) is 2.